The molecule has 0 saturated carbocycles. The van der Waals surface area contributed by atoms with Crippen LogP contribution in [-0.2, 0) is 14.6 Å². The minimum atomic E-state index is -3.35. The lowest BCUT2D eigenvalue weighted by atomic mass is 10.1. The predicted molar refractivity (Wildman–Crippen MR) is 78.5 cm³/mol. The molecule has 110 valence electrons. The molecule has 0 aromatic heterocycles. The normalized spacial score (nSPS) is 19.1. The first-order chi connectivity index (χ1) is 9.47. The molecule has 1 saturated heterocycles. The van der Waals surface area contributed by atoms with E-state index in [-0.39, 0.29) is 24.0 Å². The molecule has 4 nitrogen and oxygen atoms in total. The van der Waals surface area contributed by atoms with Gasteiger partial charge in [-0.2, -0.15) is 0 Å². The van der Waals surface area contributed by atoms with Crippen molar-refractivity contribution in [2.24, 2.45) is 0 Å². The summed E-state index contributed by atoms with van der Waals surface area (Å²) in [5, 5.41) is 3.25. The number of carbonyl (C=O) groups excluding carboxylic acids is 1. The van der Waals surface area contributed by atoms with Crippen LogP contribution in [0.4, 0.5) is 0 Å². The summed E-state index contributed by atoms with van der Waals surface area (Å²) >= 11 is 0. The molecular formula is C15H21NO3S. The number of ketones is 1. The van der Waals surface area contributed by atoms with E-state index >= 15 is 0 Å². The number of nitrogens with one attached hydrogen (secondary N) is 1. The molecule has 20 heavy (non-hydrogen) atoms. The number of benzene rings is 1. The van der Waals surface area contributed by atoms with E-state index in [1.54, 1.807) is 24.3 Å². The second kappa shape index (κ2) is 6.50. The van der Waals surface area contributed by atoms with E-state index in [1.807, 2.05) is 6.92 Å². The first-order valence-electron chi connectivity index (χ1n) is 7.02. The lowest BCUT2D eigenvalue weighted by Gasteiger charge is -2.09. The highest BCUT2D eigenvalue weighted by molar-refractivity contribution is 7.91. The summed E-state index contributed by atoms with van der Waals surface area (Å²) in [6.07, 6.45) is 2.66. The van der Waals surface area contributed by atoms with Crippen LogP contribution in [0, 0.1) is 6.92 Å². The lowest BCUT2D eigenvalue weighted by Crippen LogP contribution is -2.25. The molecule has 0 aliphatic carbocycles. The fraction of sp³-hybridized carbons (Fsp3) is 0.533. The average molecular weight is 295 g/mol. The minimum Gasteiger partial charge on any atom is -0.314 e. The molecule has 0 spiro atoms. The predicted octanol–water partition coefficient (Wildman–Crippen LogP) is 1.87. The maximum atomic E-state index is 12.1. The van der Waals surface area contributed by atoms with Crippen molar-refractivity contribution >= 4 is 15.6 Å². The van der Waals surface area contributed by atoms with Gasteiger partial charge in [-0.05, 0) is 38.4 Å². The summed E-state index contributed by atoms with van der Waals surface area (Å²) in [5.41, 5.74) is 1.02. The number of hydrogen-bond donors (Lipinski definition) is 1. The highest BCUT2D eigenvalue weighted by Crippen LogP contribution is 2.15. The summed E-state index contributed by atoms with van der Waals surface area (Å²) in [6, 6.07) is 7.00. The van der Waals surface area contributed by atoms with Gasteiger partial charge in [0.2, 0.25) is 0 Å². The van der Waals surface area contributed by atoms with Gasteiger partial charge >= 0.3 is 0 Å². The van der Waals surface area contributed by atoms with Crippen molar-refractivity contribution in [2.45, 2.75) is 43.5 Å². The van der Waals surface area contributed by atoms with Crippen LogP contribution in [0.25, 0.3) is 0 Å². The van der Waals surface area contributed by atoms with Crippen LogP contribution >= 0.6 is 0 Å². The molecule has 0 radical (unpaired) electrons. The maximum absolute atomic E-state index is 12.1. The summed E-state index contributed by atoms with van der Waals surface area (Å²) < 4.78 is 24.2. The number of rotatable bonds is 6. The van der Waals surface area contributed by atoms with E-state index in [4.69, 9.17) is 0 Å². The molecule has 1 aliphatic rings. The highest BCUT2D eigenvalue weighted by Gasteiger charge is 2.20. The monoisotopic (exact) mass is 295 g/mol. The summed E-state index contributed by atoms with van der Waals surface area (Å²) in [4.78, 5) is 12.1. The van der Waals surface area contributed by atoms with Crippen LogP contribution in [0.2, 0.25) is 0 Å². The van der Waals surface area contributed by atoms with Gasteiger partial charge in [0.05, 0.1) is 10.6 Å². The first-order valence-corrected chi connectivity index (χ1v) is 8.67. The van der Waals surface area contributed by atoms with Crippen molar-refractivity contribution < 1.29 is 13.2 Å². The van der Waals surface area contributed by atoms with Crippen molar-refractivity contribution in [1.82, 2.24) is 5.32 Å². The fourth-order valence-corrected chi connectivity index (χ4v) is 3.70. The van der Waals surface area contributed by atoms with E-state index in [9.17, 15) is 13.2 Å². The summed E-state index contributed by atoms with van der Waals surface area (Å²) in [7, 11) is -3.35. The van der Waals surface area contributed by atoms with Gasteiger partial charge in [-0.15, -0.1) is 0 Å². The lowest BCUT2D eigenvalue weighted by molar-refractivity contribution is -0.119. The summed E-state index contributed by atoms with van der Waals surface area (Å²) in [6.45, 7) is 2.87. The topological polar surface area (TPSA) is 63.2 Å². The van der Waals surface area contributed by atoms with Crippen LogP contribution in [0.5, 0.6) is 0 Å². The summed E-state index contributed by atoms with van der Waals surface area (Å²) in [5.74, 6) is -0.0678. The zero-order valence-electron chi connectivity index (χ0n) is 11.8. The Morgan fingerprint density at radius 3 is 2.60 bits per heavy atom. The molecule has 1 N–H and O–H groups in total. The van der Waals surface area contributed by atoms with Gasteiger partial charge in [0, 0.05) is 18.9 Å². The molecular weight excluding hydrogens is 274 g/mol. The highest BCUT2D eigenvalue weighted by atomic mass is 32.2. The van der Waals surface area contributed by atoms with E-state index in [0.29, 0.717) is 11.3 Å². The van der Waals surface area contributed by atoms with Crippen molar-refractivity contribution in [3.8, 4) is 0 Å². The Morgan fingerprint density at radius 2 is 2.00 bits per heavy atom. The Balaban J connectivity index is 1.88. The van der Waals surface area contributed by atoms with Gasteiger partial charge in [-0.1, -0.05) is 17.7 Å². The second-order valence-electron chi connectivity index (χ2n) is 5.42. The van der Waals surface area contributed by atoms with Crippen molar-refractivity contribution in [2.75, 3.05) is 12.3 Å². The molecule has 1 aromatic carbocycles. The number of aryl methyl sites for hydroxylation is 1. The zero-order chi connectivity index (χ0) is 14.6. The molecule has 0 amide bonds. The van der Waals surface area contributed by atoms with E-state index in [0.717, 1.165) is 24.9 Å². The number of carbonyl (C=O) groups is 1. The van der Waals surface area contributed by atoms with Crippen molar-refractivity contribution in [1.29, 1.82) is 0 Å². The van der Waals surface area contributed by atoms with Gasteiger partial charge in [0.25, 0.3) is 0 Å². The van der Waals surface area contributed by atoms with Gasteiger partial charge in [-0.3, -0.25) is 4.79 Å². The number of sulfone groups is 1. The molecule has 1 atom stereocenters. The van der Waals surface area contributed by atoms with Gasteiger partial charge in [0.15, 0.2) is 9.84 Å². The van der Waals surface area contributed by atoms with Gasteiger partial charge < -0.3 is 5.32 Å². The molecule has 1 heterocycles. The Hall–Kier alpha value is -1.20. The molecule has 1 unspecified atom stereocenters. The molecule has 2 rings (SSSR count). The molecule has 5 heteroatoms. The van der Waals surface area contributed by atoms with Crippen LogP contribution in [0.1, 0.15) is 31.2 Å². The first kappa shape index (κ1) is 15.2. The molecule has 1 aromatic rings. The second-order valence-corrected chi connectivity index (χ2v) is 7.53. The molecule has 0 bridgehead atoms. The molecule has 1 aliphatic heterocycles. The van der Waals surface area contributed by atoms with E-state index in [1.165, 1.54) is 0 Å². The van der Waals surface area contributed by atoms with Crippen molar-refractivity contribution in [3.05, 3.63) is 29.8 Å². The number of Topliss-reactive ketones (excluding diaryl/α,β-unsaturated/α-hetero) is 1. The van der Waals surface area contributed by atoms with E-state index in [2.05, 4.69) is 5.32 Å². The zero-order valence-corrected chi connectivity index (χ0v) is 12.6. The Morgan fingerprint density at radius 1 is 1.30 bits per heavy atom. The largest absolute Gasteiger partial charge is 0.314 e. The standard InChI is InChI=1S/C15H21NO3S/c1-12-4-6-15(7-5-12)20(18,19)10-8-14(17)11-13-3-2-9-16-13/h4-7,13,16H,2-3,8-11H2,1H3. The van der Waals surface area contributed by atoms with Crippen LogP contribution in [0.15, 0.2) is 29.2 Å². The third-order valence-corrected chi connectivity index (χ3v) is 5.40. The number of hydrogen-bond acceptors (Lipinski definition) is 4. The smallest absolute Gasteiger partial charge is 0.178 e. The van der Waals surface area contributed by atoms with Gasteiger partial charge in [-0.25, -0.2) is 8.42 Å². The van der Waals surface area contributed by atoms with Gasteiger partial charge in [0.1, 0.15) is 5.78 Å². The van der Waals surface area contributed by atoms with Crippen LogP contribution in [0.3, 0.4) is 0 Å². The van der Waals surface area contributed by atoms with Crippen LogP contribution in [-0.4, -0.2) is 32.5 Å². The van der Waals surface area contributed by atoms with Crippen molar-refractivity contribution in [3.63, 3.8) is 0 Å². The Bertz CT molecular complexity index is 557. The van der Waals surface area contributed by atoms with Crippen LogP contribution < -0.4 is 5.32 Å². The minimum absolute atomic E-state index is 0.0279. The average Bonchev–Trinajstić information content (AvgIpc) is 2.90. The maximum Gasteiger partial charge on any atom is 0.178 e. The third kappa shape index (κ3) is 4.15. The van der Waals surface area contributed by atoms with E-state index < -0.39 is 9.84 Å². The Labute approximate surface area is 120 Å². The Kier molecular flexibility index (Phi) is 4.94. The SMILES string of the molecule is Cc1ccc(S(=O)(=O)CCC(=O)CC2CCCN2)cc1. The third-order valence-electron chi connectivity index (χ3n) is 3.67. The quantitative estimate of drug-likeness (QED) is 0.870. The molecule has 1 fully saturated rings. The fourth-order valence-electron chi connectivity index (χ4n) is 2.42.